The molecule has 1 aliphatic carbocycles. The van der Waals surface area contributed by atoms with Gasteiger partial charge in [-0.25, -0.2) is 0 Å². The fourth-order valence-corrected chi connectivity index (χ4v) is 6.80. The van der Waals surface area contributed by atoms with E-state index in [9.17, 15) is 24.6 Å². The first-order chi connectivity index (χ1) is 22.7. The first-order valence-corrected chi connectivity index (χ1v) is 17.4. The Bertz CT molecular complexity index is 1430. The van der Waals surface area contributed by atoms with E-state index < -0.39 is 30.1 Å². The maximum atomic E-state index is 14.0. The van der Waals surface area contributed by atoms with Crippen LogP contribution in [0.4, 0.5) is 0 Å². The van der Waals surface area contributed by atoms with Gasteiger partial charge in [0.15, 0.2) is 11.5 Å². The van der Waals surface area contributed by atoms with Crippen LogP contribution < -0.4 is 14.8 Å². The summed E-state index contributed by atoms with van der Waals surface area (Å²) >= 11 is 12.5. The van der Waals surface area contributed by atoms with E-state index in [1.165, 1.54) is 45.3 Å². The van der Waals surface area contributed by atoms with Gasteiger partial charge in [-0.1, -0.05) is 87.6 Å². The van der Waals surface area contributed by atoms with Gasteiger partial charge in [0.2, 0.25) is 11.8 Å². The predicted molar refractivity (Wildman–Crippen MR) is 182 cm³/mol. The average Bonchev–Trinajstić information content (AvgIpc) is 3.47. The summed E-state index contributed by atoms with van der Waals surface area (Å²) in [6, 6.07) is 7.35. The molecule has 0 spiro atoms. The molecule has 4 unspecified atom stereocenters. The number of benzene rings is 2. The normalized spacial score (nSPS) is 19.7. The van der Waals surface area contributed by atoms with Crippen LogP contribution in [0.2, 0.25) is 10.0 Å². The topological polar surface area (TPSA) is 125 Å². The number of ether oxygens (including phenoxy) is 2. The number of hydrogen-bond donors (Lipinski definition) is 3. The van der Waals surface area contributed by atoms with Crippen LogP contribution >= 0.6 is 23.2 Å². The molecule has 1 aliphatic heterocycles. The number of nitrogens with zero attached hydrogens (tertiary/aromatic N) is 1. The first kappa shape index (κ1) is 36.7. The molecule has 47 heavy (non-hydrogen) atoms. The molecular weight excluding hydrogens is 643 g/mol. The number of halogens is 2. The zero-order valence-electron chi connectivity index (χ0n) is 27.2. The molecule has 0 aromatic heterocycles. The number of amides is 2. The molecule has 0 radical (unpaired) electrons. The van der Waals surface area contributed by atoms with Gasteiger partial charge in [0.1, 0.15) is 18.5 Å². The number of unbranched alkanes of at least 4 members (excludes halogenated alkanes) is 8. The molecule has 2 aliphatic rings. The van der Waals surface area contributed by atoms with Crippen molar-refractivity contribution in [2.24, 2.45) is 0 Å². The van der Waals surface area contributed by atoms with Gasteiger partial charge in [-0.05, 0) is 42.3 Å². The molecule has 2 aromatic carbocycles. The Hall–Kier alpha value is -3.11. The second-order valence-corrected chi connectivity index (χ2v) is 13.1. The minimum Gasteiger partial charge on any atom is -0.493 e. The van der Waals surface area contributed by atoms with Gasteiger partial charge in [0.05, 0.1) is 35.7 Å². The third kappa shape index (κ3) is 9.08. The van der Waals surface area contributed by atoms with E-state index in [4.69, 9.17) is 32.7 Å². The summed E-state index contributed by atoms with van der Waals surface area (Å²) in [5, 5.41) is 24.8. The van der Waals surface area contributed by atoms with Crippen molar-refractivity contribution in [3.63, 3.8) is 0 Å². The van der Waals surface area contributed by atoms with E-state index in [1.807, 2.05) is 0 Å². The number of hydrogen-bond acceptors (Lipinski definition) is 7. The maximum Gasteiger partial charge on any atom is 0.247 e. The Morgan fingerprint density at radius 2 is 1.72 bits per heavy atom. The summed E-state index contributed by atoms with van der Waals surface area (Å²) in [7, 11) is 1.45. The number of carbonyl (C=O) groups is 3. The van der Waals surface area contributed by atoms with Gasteiger partial charge >= 0.3 is 0 Å². The number of aliphatic hydroxyl groups excluding tert-OH is 2. The van der Waals surface area contributed by atoms with Crippen LogP contribution in [-0.2, 0) is 16.1 Å². The highest BCUT2D eigenvalue weighted by molar-refractivity contribution is 6.42. The molecule has 1 heterocycles. The van der Waals surface area contributed by atoms with Crippen molar-refractivity contribution in [3.8, 4) is 11.5 Å². The van der Waals surface area contributed by atoms with Crippen molar-refractivity contribution in [1.82, 2.24) is 10.2 Å². The highest BCUT2D eigenvalue weighted by Crippen LogP contribution is 2.51. The van der Waals surface area contributed by atoms with Gasteiger partial charge in [0, 0.05) is 36.2 Å². The zero-order chi connectivity index (χ0) is 33.9. The fourth-order valence-electron chi connectivity index (χ4n) is 6.48. The second-order valence-electron chi connectivity index (χ2n) is 12.3. The van der Waals surface area contributed by atoms with Crippen molar-refractivity contribution in [1.29, 1.82) is 0 Å². The van der Waals surface area contributed by atoms with Crippen molar-refractivity contribution >= 4 is 41.3 Å². The summed E-state index contributed by atoms with van der Waals surface area (Å²) in [6.07, 6.45) is 10.3. The molecule has 3 N–H and O–H groups in total. The zero-order valence-corrected chi connectivity index (χ0v) is 28.7. The fraction of sp³-hybridized carbons (Fsp3) is 0.528. The lowest BCUT2D eigenvalue weighted by Gasteiger charge is -2.41. The molecular formula is C36H46Cl2N2O7. The molecule has 11 heteroatoms. The van der Waals surface area contributed by atoms with Gasteiger partial charge in [-0.2, -0.15) is 0 Å². The Morgan fingerprint density at radius 3 is 2.36 bits per heavy atom. The van der Waals surface area contributed by atoms with Crippen LogP contribution in [0.3, 0.4) is 0 Å². The smallest absolute Gasteiger partial charge is 0.247 e. The summed E-state index contributed by atoms with van der Waals surface area (Å²) in [5.74, 6) is -0.774. The highest BCUT2D eigenvalue weighted by Gasteiger charge is 2.51. The summed E-state index contributed by atoms with van der Waals surface area (Å²) in [5.41, 5.74) is 1.82. The van der Waals surface area contributed by atoms with Crippen LogP contribution in [0.5, 0.6) is 11.5 Å². The molecule has 0 bridgehead atoms. The Morgan fingerprint density at radius 1 is 1.02 bits per heavy atom. The quantitative estimate of drug-likeness (QED) is 0.122. The van der Waals surface area contributed by atoms with Crippen molar-refractivity contribution in [2.75, 3.05) is 20.3 Å². The Kier molecular flexibility index (Phi) is 14.0. The van der Waals surface area contributed by atoms with E-state index in [0.717, 1.165) is 19.3 Å². The third-order valence-electron chi connectivity index (χ3n) is 8.92. The monoisotopic (exact) mass is 688 g/mol. The molecule has 2 aromatic rings. The maximum absolute atomic E-state index is 14.0. The SMILES string of the molecule is CCCCCCCCCCCC(=O)N(Cc1ccc(Cl)c(Cl)c1)C1C=C(C(=O)NCCO)C2c3cc(C=O)cc(OC)c3OC2C1O. The van der Waals surface area contributed by atoms with Crippen LogP contribution in [0.15, 0.2) is 42.0 Å². The van der Waals surface area contributed by atoms with Gasteiger partial charge in [-0.15, -0.1) is 0 Å². The number of aldehydes is 1. The van der Waals surface area contributed by atoms with Crippen LogP contribution in [0.1, 0.15) is 98.5 Å². The molecule has 2 amide bonds. The molecule has 9 nitrogen and oxygen atoms in total. The summed E-state index contributed by atoms with van der Waals surface area (Å²) < 4.78 is 11.8. The minimum atomic E-state index is -1.24. The van der Waals surface area contributed by atoms with E-state index in [-0.39, 0.29) is 37.6 Å². The molecule has 0 saturated heterocycles. The number of fused-ring (bicyclic) bond motifs is 3. The molecule has 0 fully saturated rings. The van der Waals surface area contributed by atoms with Crippen molar-refractivity contribution in [3.05, 3.63) is 68.7 Å². The van der Waals surface area contributed by atoms with Crippen molar-refractivity contribution in [2.45, 2.75) is 102 Å². The largest absolute Gasteiger partial charge is 0.493 e. The van der Waals surface area contributed by atoms with E-state index >= 15 is 0 Å². The summed E-state index contributed by atoms with van der Waals surface area (Å²) in [4.78, 5) is 40.9. The van der Waals surface area contributed by atoms with Crippen LogP contribution in [0, 0.1) is 0 Å². The Labute approximate surface area is 287 Å². The van der Waals surface area contributed by atoms with E-state index in [2.05, 4.69) is 12.2 Å². The van der Waals surface area contributed by atoms with Crippen LogP contribution in [-0.4, -0.2) is 71.7 Å². The number of nitrogens with one attached hydrogen (secondary N) is 1. The highest BCUT2D eigenvalue weighted by atomic mass is 35.5. The van der Waals surface area contributed by atoms with E-state index in [0.29, 0.717) is 50.9 Å². The standard InChI is InChI=1S/C36H46Cl2N2O7/c1-3-4-5-6-7-8-9-10-11-12-31(43)40(21-23-13-14-27(37)28(38)18-23)29-20-26(36(45)39-15-16-41)32-25-17-24(22-42)19-30(46-2)34(25)47-35(32)33(29)44/h13-14,17-20,22,29,32-33,35,41,44H,3-12,15-16,21H2,1-2H3,(H,39,45). The van der Waals surface area contributed by atoms with Gasteiger partial charge < -0.3 is 29.9 Å². The number of methoxy groups -OCH3 is 1. The van der Waals surface area contributed by atoms with E-state index in [1.54, 1.807) is 35.2 Å². The summed E-state index contributed by atoms with van der Waals surface area (Å²) in [6.45, 7) is 2.06. The molecule has 0 saturated carbocycles. The minimum absolute atomic E-state index is 0.0106. The average molecular weight is 690 g/mol. The molecule has 4 rings (SSSR count). The second kappa shape index (κ2) is 17.9. The number of carbonyl (C=O) groups excluding carboxylic acids is 3. The number of aliphatic hydroxyl groups is 2. The van der Waals surface area contributed by atoms with Crippen molar-refractivity contribution < 1.29 is 34.1 Å². The lowest BCUT2D eigenvalue weighted by Crippen LogP contribution is -2.55. The molecule has 256 valence electrons. The lowest BCUT2D eigenvalue weighted by atomic mass is 9.77. The predicted octanol–water partition coefficient (Wildman–Crippen LogP) is 6.39. The lowest BCUT2D eigenvalue weighted by molar-refractivity contribution is -0.138. The third-order valence-corrected chi connectivity index (χ3v) is 9.66. The van der Waals surface area contributed by atoms with Gasteiger partial charge in [0.25, 0.3) is 0 Å². The first-order valence-electron chi connectivity index (χ1n) is 16.6. The Balaban J connectivity index is 1.64. The van der Waals surface area contributed by atoms with Crippen LogP contribution in [0.25, 0.3) is 0 Å². The molecule has 4 atom stereocenters. The van der Waals surface area contributed by atoms with Gasteiger partial charge in [-0.3, -0.25) is 14.4 Å². The number of rotatable bonds is 18.